The largest absolute Gasteiger partial charge is 0.488 e. The van der Waals surface area contributed by atoms with Crippen molar-refractivity contribution >= 4 is 23.4 Å². The van der Waals surface area contributed by atoms with E-state index in [1.807, 2.05) is 23.9 Å². The summed E-state index contributed by atoms with van der Waals surface area (Å²) in [5.41, 5.74) is 0.813. The Bertz CT molecular complexity index is 337. The second-order valence-corrected chi connectivity index (χ2v) is 5.08. The molecule has 1 aromatic rings. The van der Waals surface area contributed by atoms with Gasteiger partial charge in [-0.05, 0) is 29.9 Å². The van der Waals surface area contributed by atoms with Crippen LogP contribution in [0, 0.1) is 0 Å². The maximum Gasteiger partial charge on any atom is 0.138 e. The maximum atomic E-state index is 8.93. The van der Waals surface area contributed by atoms with Crippen molar-refractivity contribution in [2.45, 2.75) is 19.1 Å². The van der Waals surface area contributed by atoms with E-state index in [4.69, 9.17) is 21.4 Å². The van der Waals surface area contributed by atoms with Crippen LogP contribution in [0.25, 0.3) is 0 Å². The Morgan fingerprint density at radius 3 is 3.00 bits per heavy atom. The third kappa shape index (κ3) is 2.80. The Hall–Kier alpha value is -0.380. The number of aliphatic hydroxyl groups excluding tert-OH is 1. The Morgan fingerprint density at radius 1 is 1.53 bits per heavy atom. The monoisotopic (exact) mass is 244 g/mol. The fourth-order valence-corrected chi connectivity index (χ4v) is 2.87. The van der Waals surface area contributed by atoms with Gasteiger partial charge in [-0.1, -0.05) is 17.7 Å². The molecule has 1 unspecified atom stereocenters. The lowest BCUT2D eigenvalue weighted by molar-refractivity contribution is 0.229. The molecule has 0 bridgehead atoms. The maximum absolute atomic E-state index is 8.93. The molecule has 82 valence electrons. The summed E-state index contributed by atoms with van der Waals surface area (Å²) in [4.78, 5) is 0. The van der Waals surface area contributed by atoms with E-state index in [0.29, 0.717) is 5.02 Å². The van der Waals surface area contributed by atoms with E-state index in [0.717, 1.165) is 29.2 Å². The smallest absolute Gasteiger partial charge is 0.138 e. The lowest BCUT2D eigenvalue weighted by Gasteiger charge is -2.14. The molecule has 0 aromatic heterocycles. The predicted octanol–water partition coefficient (Wildman–Crippen LogP) is 2.72. The number of benzene rings is 1. The molecule has 1 saturated heterocycles. The summed E-state index contributed by atoms with van der Waals surface area (Å²) in [6, 6.07) is 5.42. The summed E-state index contributed by atoms with van der Waals surface area (Å²) >= 11 is 7.95. The Morgan fingerprint density at radius 2 is 2.40 bits per heavy atom. The number of ether oxygens (including phenoxy) is 1. The van der Waals surface area contributed by atoms with Crippen LogP contribution < -0.4 is 4.74 Å². The SMILES string of the molecule is OCc1ccc(OC2CCSC2)c(Cl)c1. The average Bonchev–Trinajstić information content (AvgIpc) is 2.74. The molecule has 0 radical (unpaired) electrons. The van der Waals surface area contributed by atoms with E-state index < -0.39 is 0 Å². The molecule has 1 N–H and O–H groups in total. The standard InChI is InChI=1S/C11H13ClO2S/c12-10-5-8(6-13)1-2-11(10)14-9-3-4-15-7-9/h1-2,5,9,13H,3-4,6-7H2. The lowest BCUT2D eigenvalue weighted by Crippen LogP contribution is -2.14. The van der Waals surface area contributed by atoms with Crippen LogP contribution in [0.5, 0.6) is 5.75 Å². The van der Waals surface area contributed by atoms with Crippen LogP contribution >= 0.6 is 23.4 Å². The highest BCUT2D eigenvalue weighted by molar-refractivity contribution is 7.99. The minimum atomic E-state index is 0.0132. The van der Waals surface area contributed by atoms with Crippen molar-refractivity contribution in [3.05, 3.63) is 28.8 Å². The van der Waals surface area contributed by atoms with Crippen LogP contribution in [0.2, 0.25) is 5.02 Å². The zero-order valence-electron chi connectivity index (χ0n) is 8.28. The van der Waals surface area contributed by atoms with Crippen LogP contribution in [0.1, 0.15) is 12.0 Å². The Balaban J connectivity index is 2.07. The molecule has 1 heterocycles. The number of hydrogen-bond acceptors (Lipinski definition) is 3. The average molecular weight is 245 g/mol. The van der Waals surface area contributed by atoms with Crippen molar-refractivity contribution in [1.29, 1.82) is 0 Å². The number of hydrogen-bond donors (Lipinski definition) is 1. The molecule has 1 aliphatic rings. The molecule has 0 spiro atoms. The van der Waals surface area contributed by atoms with Crippen molar-refractivity contribution in [2.75, 3.05) is 11.5 Å². The van der Waals surface area contributed by atoms with Crippen molar-refractivity contribution in [2.24, 2.45) is 0 Å². The molecule has 0 amide bonds. The van der Waals surface area contributed by atoms with Crippen LogP contribution in [0.3, 0.4) is 0 Å². The third-order valence-corrected chi connectivity index (χ3v) is 3.79. The second-order valence-electron chi connectivity index (χ2n) is 3.53. The van der Waals surface area contributed by atoms with Crippen LogP contribution in [0.15, 0.2) is 18.2 Å². The summed E-state index contributed by atoms with van der Waals surface area (Å²) in [6.07, 6.45) is 1.37. The van der Waals surface area contributed by atoms with Crippen molar-refractivity contribution in [3.8, 4) is 5.75 Å². The van der Waals surface area contributed by atoms with E-state index in [9.17, 15) is 0 Å². The van der Waals surface area contributed by atoms with Gasteiger partial charge < -0.3 is 9.84 Å². The zero-order chi connectivity index (χ0) is 10.7. The van der Waals surface area contributed by atoms with Crippen LogP contribution in [0.4, 0.5) is 0 Å². The Kier molecular flexibility index (Phi) is 3.78. The minimum absolute atomic E-state index is 0.0132. The van der Waals surface area contributed by atoms with E-state index in [-0.39, 0.29) is 12.7 Å². The molecular weight excluding hydrogens is 232 g/mol. The molecule has 1 aromatic carbocycles. The molecule has 15 heavy (non-hydrogen) atoms. The number of rotatable bonds is 3. The first-order chi connectivity index (χ1) is 7.29. The van der Waals surface area contributed by atoms with Gasteiger partial charge in [0.15, 0.2) is 0 Å². The Labute approximate surface area is 98.6 Å². The minimum Gasteiger partial charge on any atom is -0.488 e. The van der Waals surface area contributed by atoms with Gasteiger partial charge in [0.05, 0.1) is 11.6 Å². The second kappa shape index (κ2) is 5.10. The van der Waals surface area contributed by atoms with E-state index in [1.54, 1.807) is 6.07 Å². The summed E-state index contributed by atoms with van der Waals surface area (Å²) in [5, 5.41) is 9.52. The van der Waals surface area contributed by atoms with Gasteiger partial charge >= 0.3 is 0 Å². The van der Waals surface area contributed by atoms with Gasteiger partial charge in [0, 0.05) is 5.75 Å². The fraction of sp³-hybridized carbons (Fsp3) is 0.455. The molecule has 0 aliphatic carbocycles. The quantitative estimate of drug-likeness (QED) is 0.887. The lowest BCUT2D eigenvalue weighted by atomic mass is 10.2. The fourth-order valence-electron chi connectivity index (χ4n) is 1.52. The van der Waals surface area contributed by atoms with Gasteiger partial charge in [0.25, 0.3) is 0 Å². The number of halogens is 1. The summed E-state index contributed by atoms with van der Waals surface area (Å²) < 4.78 is 5.77. The van der Waals surface area contributed by atoms with Gasteiger partial charge in [0.1, 0.15) is 11.9 Å². The van der Waals surface area contributed by atoms with E-state index >= 15 is 0 Å². The summed E-state index contributed by atoms with van der Waals surface area (Å²) in [7, 11) is 0. The van der Waals surface area contributed by atoms with Gasteiger partial charge in [-0.2, -0.15) is 11.8 Å². The molecule has 2 nitrogen and oxygen atoms in total. The molecule has 1 fully saturated rings. The highest BCUT2D eigenvalue weighted by Crippen LogP contribution is 2.29. The van der Waals surface area contributed by atoms with Crippen molar-refractivity contribution < 1.29 is 9.84 Å². The molecule has 2 rings (SSSR count). The summed E-state index contributed by atoms with van der Waals surface area (Å²) in [6.45, 7) is 0.0132. The van der Waals surface area contributed by atoms with Gasteiger partial charge in [0.2, 0.25) is 0 Å². The molecule has 0 saturated carbocycles. The number of aliphatic hydroxyl groups is 1. The molecule has 1 aliphatic heterocycles. The third-order valence-electron chi connectivity index (χ3n) is 2.36. The first kappa shape index (κ1) is 11.1. The van der Waals surface area contributed by atoms with Gasteiger partial charge in [-0.15, -0.1) is 0 Å². The van der Waals surface area contributed by atoms with Crippen molar-refractivity contribution in [3.63, 3.8) is 0 Å². The highest BCUT2D eigenvalue weighted by Gasteiger charge is 2.18. The zero-order valence-corrected chi connectivity index (χ0v) is 9.85. The van der Waals surface area contributed by atoms with Crippen molar-refractivity contribution in [1.82, 2.24) is 0 Å². The highest BCUT2D eigenvalue weighted by atomic mass is 35.5. The van der Waals surface area contributed by atoms with E-state index in [2.05, 4.69) is 0 Å². The van der Waals surface area contributed by atoms with Gasteiger partial charge in [-0.25, -0.2) is 0 Å². The molecule has 1 atom stereocenters. The first-order valence-electron chi connectivity index (χ1n) is 4.93. The van der Waals surface area contributed by atoms with Gasteiger partial charge in [-0.3, -0.25) is 0 Å². The topological polar surface area (TPSA) is 29.5 Å². The first-order valence-corrected chi connectivity index (χ1v) is 6.46. The molecule has 4 heteroatoms. The normalized spacial score (nSPS) is 20.5. The predicted molar refractivity (Wildman–Crippen MR) is 63.7 cm³/mol. The molecular formula is C11H13ClO2S. The van der Waals surface area contributed by atoms with Crippen LogP contribution in [-0.2, 0) is 6.61 Å². The van der Waals surface area contributed by atoms with Crippen LogP contribution in [-0.4, -0.2) is 22.7 Å². The van der Waals surface area contributed by atoms with E-state index in [1.165, 1.54) is 0 Å². The summed E-state index contributed by atoms with van der Waals surface area (Å²) in [5.74, 6) is 2.93. The number of thioether (sulfide) groups is 1.